The van der Waals surface area contributed by atoms with Gasteiger partial charge in [0.25, 0.3) is 0 Å². The van der Waals surface area contributed by atoms with E-state index in [4.69, 9.17) is 16.7 Å². The Bertz CT molecular complexity index is 1470. The van der Waals surface area contributed by atoms with Crippen molar-refractivity contribution < 1.29 is 24.3 Å². The molecule has 0 bridgehead atoms. The van der Waals surface area contributed by atoms with Crippen molar-refractivity contribution in [1.29, 1.82) is 0 Å². The second-order valence-electron chi connectivity index (χ2n) is 10.3. The molecule has 14 heteroatoms. The van der Waals surface area contributed by atoms with Gasteiger partial charge in [-0.25, -0.2) is 4.79 Å². The molecule has 226 valence electrons. The Morgan fingerprint density at radius 3 is 2.40 bits per heavy atom. The third kappa shape index (κ3) is 8.69. The monoisotopic (exact) mass is 608 g/mol. The highest BCUT2D eigenvalue weighted by Crippen LogP contribution is 2.20. The number of piperazine rings is 1. The Hall–Kier alpha value is -4.62. The van der Waals surface area contributed by atoms with Gasteiger partial charge in [0.15, 0.2) is 0 Å². The fraction of sp³-hybridized carbons (Fsp3) is 0.345. The number of aromatic carboxylic acids is 1. The second kappa shape index (κ2) is 14.5. The fourth-order valence-electron chi connectivity index (χ4n) is 4.63. The minimum Gasteiger partial charge on any atom is -0.478 e. The summed E-state index contributed by atoms with van der Waals surface area (Å²) in [4.78, 5) is 54.5. The molecule has 0 unspecified atom stereocenters. The van der Waals surface area contributed by atoms with E-state index in [-0.39, 0.29) is 24.3 Å². The summed E-state index contributed by atoms with van der Waals surface area (Å²) < 4.78 is 1.42. The smallest absolute Gasteiger partial charge is 0.335 e. The van der Waals surface area contributed by atoms with E-state index < -0.39 is 23.8 Å². The summed E-state index contributed by atoms with van der Waals surface area (Å²) in [7, 11) is 0. The topological polar surface area (TPSA) is 163 Å². The lowest BCUT2D eigenvalue weighted by molar-refractivity contribution is -0.134. The SMILES string of the molecule is CC(C)N1CCN(C(=O)CC[C@H](NC(=O)/C=C/c2cc(Cl)ccc2-n2cnnn2)C(=O)Nc2ccc(C(=O)O)cc2)CC1. The van der Waals surface area contributed by atoms with Crippen LogP contribution in [0.3, 0.4) is 0 Å². The van der Waals surface area contributed by atoms with Crippen LogP contribution in [0.15, 0.2) is 54.9 Å². The lowest BCUT2D eigenvalue weighted by atomic mass is 10.1. The van der Waals surface area contributed by atoms with Crippen molar-refractivity contribution in [1.82, 2.24) is 35.3 Å². The highest BCUT2D eigenvalue weighted by Gasteiger charge is 2.26. The standard InChI is InChI=1S/C29H33ClN8O5/c1-19(2)36-13-15-37(16-14-36)27(40)12-9-24(28(41)32-23-7-3-20(4-8-23)29(42)43)33-26(39)11-5-21-17-22(30)6-10-25(21)38-18-31-34-35-38/h3-8,10-11,17-19,24H,9,12-16H2,1-2H3,(H,32,41)(H,33,39)(H,42,43)/b11-5+/t24-/m0/s1. The van der Waals surface area contributed by atoms with Crippen molar-refractivity contribution in [3.05, 3.63) is 71.0 Å². The molecule has 1 fully saturated rings. The fourth-order valence-corrected chi connectivity index (χ4v) is 4.81. The van der Waals surface area contributed by atoms with Crippen LogP contribution in [0.1, 0.15) is 42.6 Å². The molecule has 0 saturated carbocycles. The maximum atomic E-state index is 13.3. The molecule has 1 aromatic heterocycles. The number of carboxylic acid groups (broad SMARTS) is 1. The highest BCUT2D eigenvalue weighted by molar-refractivity contribution is 6.30. The number of nitrogens with one attached hydrogen (secondary N) is 2. The number of carboxylic acids is 1. The van der Waals surface area contributed by atoms with Crippen molar-refractivity contribution in [2.45, 2.75) is 38.8 Å². The van der Waals surface area contributed by atoms with E-state index in [2.05, 4.69) is 44.9 Å². The summed E-state index contributed by atoms with van der Waals surface area (Å²) >= 11 is 6.16. The average Bonchev–Trinajstić information content (AvgIpc) is 3.53. The van der Waals surface area contributed by atoms with E-state index in [9.17, 15) is 19.2 Å². The van der Waals surface area contributed by atoms with Crippen molar-refractivity contribution in [2.24, 2.45) is 0 Å². The minimum absolute atomic E-state index is 0.0550. The molecule has 0 spiro atoms. The number of halogens is 1. The van der Waals surface area contributed by atoms with E-state index in [1.54, 1.807) is 23.1 Å². The van der Waals surface area contributed by atoms with Crippen LogP contribution in [-0.4, -0.2) is 97.1 Å². The van der Waals surface area contributed by atoms with Gasteiger partial charge in [-0.3, -0.25) is 19.3 Å². The quantitative estimate of drug-likeness (QED) is 0.278. The van der Waals surface area contributed by atoms with Crippen LogP contribution in [0.25, 0.3) is 11.8 Å². The van der Waals surface area contributed by atoms with Gasteiger partial charge in [0, 0.05) is 61.0 Å². The van der Waals surface area contributed by atoms with E-state index in [1.165, 1.54) is 47.4 Å². The van der Waals surface area contributed by atoms with Crippen LogP contribution in [0.4, 0.5) is 5.69 Å². The zero-order valence-corrected chi connectivity index (χ0v) is 24.6. The lowest BCUT2D eigenvalue weighted by Crippen LogP contribution is -2.51. The Balaban J connectivity index is 1.45. The predicted octanol–water partition coefficient (Wildman–Crippen LogP) is 2.48. The number of hydrogen-bond acceptors (Lipinski definition) is 8. The molecule has 3 N–H and O–H groups in total. The van der Waals surface area contributed by atoms with Gasteiger partial charge in [-0.1, -0.05) is 11.6 Å². The number of benzene rings is 2. The van der Waals surface area contributed by atoms with Crippen LogP contribution >= 0.6 is 11.6 Å². The highest BCUT2D eigenvalue weighted by atomic mass is 35.5. The first-order valence-electron chi connectivity index (χ1n) is 13.8. The number of aromatic nitrogens is 4. The molecular formula is C29H33ClN8O5. The summed E-state index contributed by atoms with van der Waals surface area (Å²) in [6, 6.07) is 10.0. The molecule has 43 heavy (non-hydrogen) atoms. The number of amides is 3. The summed E-state index contributed by atoms with van der Waals surface area (Å²) in [6.45, 7) is 6.98. The lowest BCUT2D eigenvalue weighted by Gasteiger charge is -2.37. The molecule has 2 heterocycles. The molecule has 3 amide bonds. The number of carbonyl (C=O) groups is 4. The Kier molecular flexibility index (Phi) is 10.6. The molecule has 3 aromatic rings. The largest absolute Gasteiger partial charge is 0.478 e. The van der Waals surface area contributed by atoms with E-state index in [0.717, 1.165) is 13.1 Å². The van der Waals surface area contributed by atoms with Crippen molar-refractivity contribution >= 4 is 47.1 Å². The first-order chi connectivity index (χ1) is 20.6. The van der Waals surface area contributed by atoms with Gasteiger partial charge >= 0.3 is 5.97 Å². The molecule has 1 aliphatic heterocycles. The molecule has 13 nitrogen and oxygen atoms in total. The summed E-state index contributed by atoms with van der Waals surface area (Å²) in [6.07, 6.45) is 4.31. The molecule has 1 aliphatic rings. The van der Waals surface area contributed by atoms with Crippen LogP contribution < -0.4 is 10.6 Å². The van der Waals surface area contributed by atoms with Crippen LogP contribution in [0.5, 0.6) is 0 Å². The first-order valence-corrected chi connectivity index (χ1v) is 14.2. The van der Waals surface area contributed by atoms with Crippen LogP contribution in [-0.2, 0) is 14.4 Å². The third-order valence-corrected chi connectivity index (χ3v) is 7.31. The van der Waals surface area contributed by atoms with Gasteiger partial charge in [-0.05, 0) is 79.2 Å². The molecule has 2 aromatic carbocycles. The zero-order chi connectivity index (χ0) is 30.9. The summed E-state index contributed by atoms with van der Waals surface area (Å²) in [5.41, 5.74) is 1.56. The van der Waals surface area contributed by atoms with E-state index in [1.807, 2.05) is 0 Å². The number of tetrazole rings is 1. The Labute approximate surface area is 253 Å². The molecule has 0 radical (unpaired) electrons. The van der Waals surface area contributed by atoms with Gasteiger partial charge in [-0.2, -0.15) is 4.68 Å². The second-order valence-corrected chi connectivity index (χ2v) is 10.7. The number of hydrogen-bond donors (Lipinski definition) is 3. The first kappa shape index (κ1) is 31.3. The zero-order valence-electron chi connectivity index (χ0n) is 23.8. The number of carbonyl (C=O) groups excluding carboxylic acids is 3. The Morgan fingerprint density at radius 2 is 1.77 bits per heavy atom. The molecular weight excluding hydrogens is 576 g/mol. The number of nitrogens with zero attached hydrogens (tertiary/aromatic N) is 6. The van der Waals surface area contributed by atoms with Gasteiger partial charge in [0.1, 0.15) is 12.4 Å². The maximum Gasteiger partial charge on any atom is 0.335 e. The molecule has 4 rings (SSSR count). The number of rotatable bonds is 11. The average molecular weight is 609 g/mol. The molecule has 1 atom stereocenters. The van der Waals surface area contributed by atoms with Crippen molar-refractivity contribution in [3.63, 3.8) is 0 Å². The van der Waals surface area contributed by atoms with Gasteiger partial charge in [-0.15, -0.1) is 5.10 Å². The maximum absolute atomic E-state index is 13.3. The van der Waals surface area contributed by atoms with Gasteiger partial charge in [0.2, 0.25) is 17.7 Å². The summed E-state index contributed by atoms with van der Waals surface area (Å²) in [5.74, 6) is -2.30. The van der Waals surface area contributed by atoms with Crippen LogP contribution in [0, 0.1) is 0 Å². The van der Waals surface area contributed by atoms with Gasteiger partial charge < -0.3 is 20.6 Å². The Morgan fingerprint density at radius 1 is 1.05 bits per heavy atom. The van der Waals surface area contributed by atoms with E-state index in [0.29, 0.717) is 41.1 Å². The third-order valence-electron chi connectivity index (χ3n) is 7.08. The normalized spacial score (nSPS) is 14.6. The number of anilines is 1. The summed E-state index contributed by atoms with van der Waals surface area (Å²) in [5, 5.41) is 26.1. The molecule has 0 aliphatic carbocycles. The van der Waals surface area contributed by atoms with Crippen molar-refractivity contribution in [3.8, 4) is 5.69 Å². The minimum atomic E-state index is -1.09. The van der Waals surface area contributed by atoms with Crippen molar-refractivity contribution in [2.75, 3.05) is 31.5 Å². The molecule has 1 saturated heterocycles. The van der Waals surface area contributed by atoms with Gasteiger partial charge in [0.05, 0.1) is 11.3 Å². The van der Waals surface area contributed by atoms with Crippen LogP contribution in [0.2, 0.25) is 5.02 Å². The van der Waals surface area contributed by atoms with E-state index >= 15 is 0 Å². The predicted molar refractivity (Wildman–Crippen MR) is 160 cm³/mol.